The van der Waals surface area contributed by atoms with Crippen molar-refractivity contribution in [2.75, 3.05) is 11.3 Å². The van der Waals surface area contributed by atoms with E-state index in [1.165, 1.54) is 4.68 Å². The van der Waals surface area contributed by atoms with E-state index in [-0.39, 0.29) is 13.3 Å². The standard InChI is InChI=1S/C19H23N7O6S/c27-14-32-13-25-8-17(20-12-25)7-24(9-18-10-26(23-21-18)11-19(28)29)6-5-15-1-3-16(4-2-15)22-33(30)31/h1-4,8,10,12,14,22H,5-7,9,11,13H2,(H,28,29)(H,30,31)/p-1. The van der Waals surface area contributed by atoms with Crippen molar-refractivity contribution in [2.45, 2.75) is 32.8 Å². The molecule has 2 N–H and O–H groups in total. The molecule has 3 rings (SSSR count). The Morgan fingerprint density at radius 3 is 2.70 bits per heavy atom. The van der Waals surface area contributed by atoms with Crippen molar-refractivity contribution in [3.8, 4) is 0 Å². The average molecular weight is 476 g/mol. The minimum atomic E-state index is -2.38. The number of nitrogens with zero attached hydrogens (tertiary/aromatic N) is 6. The van der Waals surface area contributed by atoms with Gasteiger partial charge in [-0.2, -0.15) is 0 Å². The molecule has 1 unspecified atom stereocenters. The smallest absolute Gasteiger partial charge is 0.325 e. The molecule has 0 aliphatic rings. The zero-order valence-corrected chi connectivity index (χ0v) is 18.3. The van der Waals surface area contributed by atoms with E-state index in [2.05, 4.69) is 24.9 Å². The number of aliphatic carboxylic acids is 1. The molecular weight excluding hydrogens is 454 g/mol. The lowest BCUT2D eigenvalue weighted by Gasteiger charge is -2.20. The van der Waals surface area contributed by atoms with Crippen LogP contribution in [-0.4, -0.2) is 62.3 Å². The molecule has 0 fully saturated rings. The van der Waals surface area contributed by atoms with Crippen molar-refractivity contribution in [3.63, 3.8) is 0 Å². The molecule has 0 radical (unpaired) electrons. The second-order valence-corrected chi connectivity index (χ2v) is 7.74. The van der Waals surface area contributed by atoms with Crippen molar-refractivity contribution < 1.29 is 28.2 Å². The molecule has 0 saturated carbocycles. The van der Waals surface area contributed by atoms with Crippen LogP contribution in [-0.2, 0) is 58.4 Å². The number of carboxylic acids is 1. The number of imidazole rings is 1. The number of nitrogens with one attached hydrogen (secondary N) is 1. The lowest BCUT2D eigenvalue weighted by Crippen LogP contribution is -2.26. The van der Waals surface area contributed by atoms with Gasteiger partial charge in [-0.05, 0) is 24.1 Å². The van der Waals surface area contributed by atoms with Crippen LogP contribution in [0.2, 0.25) is 0 Å². The van der Waals surface area contributed by atoms with E-state index in [9.17, 15) is 18.4 Å². The maximum Gasteiger partial charge on any atom is 0.325 e. The number of carbonyl (C=O) groups excluding carboxylic acids is 1. The van der Waals surface area contributed by atoms with Crippen LogP contribution < -0.4 is 4.72 Å². The van der Waals surface area contributed by atoms with Crippen molar-refractivity contribution in [2.24, 2.45) is 0 Å². The first-order valence-electron chi connectivity index (χ1n) is 9.75. The van der Waals surface area contributed by atoms with Crippen molar-refractivity contribution in [3.05, 3.63) is 59.9 Å². The number of benzene rings is 1. The number of hydrogen-bond donors (Lipinski definition) is 2. The van der Waals surface area contributed by atoms with Crippen LogP contribution in [0.15, 0.2) is 43.0 Å². The number of ether oxygens (including phenoxy) is 1. The predicted octanol–water partition coefficient (Wildman–Crippen LogP) is 0.141. The molecular formula is C19H22N7O6S-. The highest BCUT2D eigenvalue weighted by molar-refractivity contribution is 7.80. The summed E-state index contributed by atoms with van der Waals surface area (Å²) in [6, 6.07) is 7.04. The number of carbonyl (C=O) groups is 2. The van der Waals surface area contributed by atoms with Gasteiger partial charge in [-0.15, -0.1) is 5.10 Å². The Morgan fingerprint density at radius 2 is 2.00 bits per heavy atom. The summed E-state index contributed by atoms with van der Waals surface area (Å²) in [7, 11) is 0. The zero-order chi connectivity index (χ0) is 23.6. The third kappa shape index (κ3) is 8.10. The van der Waals surface area contributed by atoms with Crippen molar-refractivity contribution in [1.82, 2.24) is 29.4 Å². The third-order valence-corrected chi connectivity index (χ3v) is 4.91. The molecule has 2 heterocycles. The van der Waals surface area contributed by atoms with E-state index in [1.54, 1.807) is 35.4 Å². The van der Waals surface area contributed by atoms with E-state index >= 15 is 0 Å². The highest BCUT2D eigenvalue weighted by atomic mass is 32.2. The van der Waals surface area contributed by atoms with E-state index in [1.807, 2.05) is 12.1 Å². The first-order chi connectivity index (χ1) is 15.9. The molecule has 14 heteroatoms. The molecule has 0 aliphatic carbocycles. The summed E-state index contributed by atoms with van der Waals surface area (Å²) in [6.07, 6.45) is 5.58. The summed E-state index contributed by atoms with van der Waals surface area (Å²) < 4.78 is 31.4. The van der Waals surface area contributed by atoms with E-state index in [0.717, 1.165) is 11.3 Å². The Morgan fingerprint density at radius 1 is 1.24 bits per heavy atom. The van der Waals surface area contributed by atoms with Gasteiger partial charge < -0.3 is 23.7 Å². The van der Waals surface area contributed by atoms with E-state index in [4.69, 9.17) is 9.84 Å². The molecule has 0 aliphatic heterocycles. The maximum absolute atomic E-state index is 10.9. The number of aromatic nitrogens is 5. The molecule has 33 heavy (non-hydrogen) atoms. The second kappa shape index (κ2) is 11.8. The van der Waals surface area contributed by atoms with Crippen LogP contribution in [0.4, 0.5) is 5.69 Å². The lowest BCUT2D eigenvalue weighted by atomic mass is 10.1. The molecule has 176 valence electrons. The molecule has 13 nitrogen and oxygen atoms in total. The number of anilines is 1. The minimum absolute atomic E-state index is 0.0640. The van der Waals surface area contributed by atoms with Gasteiger partial charge in [0.25, 0.3) is 6.47 Å². The largest absolute Gasteiger partial charge is 0.755 e. The first-order valence-corrected chi connectivity index (χ1v) is 10.8. The Balaban J connectivity index is 1.66. The molecule has 0 spiro atoms. The second-order valence-electron chi connectivity index (χ2n) is 7.07. The van der Waals surface area contributed by atoms with Gasteiger partial charge in [0.05, 0.1) is 23.9 Å². The minimum Gasteiger partial charge on any atom is -0.755 e. The molecule has 0 bridgehead atoms. The third-order valence-electron chi connectivity index (χ3n) is 4.50. The van der Waals surface area contributed by atoms with Crippen LogP contribution in [0, 0.1) is 0 Å². The Kier molecular flexibility index (Phi) is 8.63. The fourth-order valence-corrected chi connectivity index (χ4v) is 3.43. The highest BCUT2D eigenvalue weighted by Gasteiger charge is 2.13. The topological polar surface area (TPSA) is 168 Å². The summed E-state index contributed by atoms with van der Waals surface area (Å²) in [5.41, 5.74) is 2.83. The summed E-state index contributed by atoms with van der Waals surface area (Å²) in [5.74, 6) is -1.01. The van der Waals surface area contributed by atoms with Crippen molar-refractivity contribution in [1.29, 1.82) is 0 Å². The van der Waals surface area contributed by atoms with Gasteiger partial charge in [-0.25, -0.2) is 9.67 Å². The van der Waals surface area contributed by atoms with E-state index < -0.39 is 17.2 Å². The predicted molar refractivity (Wildman–Crippen MR) is 114 cm³/mol. The number of carboxylic acid groups (broad SMARTS) is 1. The highest BCUT2D eigenvalue weighted by Crippen LogP contribution is 2.13. The SMILES string of the molecule is O=COCn1cnc(CN(CCc2ccc(NS(=O)[O-])cc2)Cc2cn(CC(=O)O)nn2)c1. The first kappa shape index (κ1) is 24.0. The monoisotopic (exact) mass is 476 g/mol. The number of rotatable bonds is 14. The number of hydrogen-bond acceptors (Lipinski definition) is 9. The maximum atomic E-state index is 10.9. The van der Waals surface area contributed by atoms with Gasteiger partial charge >= 0.3 is 5.97 Å². The van der Waals surface area contributed by atoms with Crippen LogP contribution >= 0.6 is 0 Å². The fourth-order valence-electron chi connectivity index (χ4n) is 3.10. The van der Waals surface area contributed by atoms with Crippen LogP contribution in [0.25, 0.3) is 0 Å². The molecule has 1 atom stereocenters. The molecule has 0 saturated heterocycles. The summed E-state index contributed by atoms with van der Waals surface area (Å²) >= 11 is -2.38. The Labute approximate surface area is 191 Å². The molecule has 1 aromatic carbocycles. The summed E-state index contributed by atoms with van der Waals surface area (Å²) in [6.45, 7) is 1.64. The van der Waals surface area contributed by atoms with Gasteiger partial charge in [0.2, 0.25) is 0 Å². The summed E-state index contributed by atoms with van der Waals surface area (Å²) in [4.78, 5) is 27.7. The van der Waals surface area contributed by atoms with Gasteiger partial charge in [-0.1, -0.05) is 17.3 Å². The quantitative estimate of drug-likeness (QED) is 0.241. The zero-order valence-electron chi connectivity index (χ0n) is 17.4. The normalized spacial score (nSPS) is 11.9. The van der Waals surface area contributed by atoms with Crippen LogP contribution in [0.1, 0.15) is 17.0 Å². The lowest BCUT2D eigenvalue weighted by molar-refractivity contribution is -0.138. The molecule has 2 aromatic heterocycles. The average Bonchev–Trinajstić information content (AvgIpc) is 3.40. The van der Waals surface area contributed by atoms with Gasteiger partial charge in [0, 0.05) is 42.8 Å². The Hall–Kier alpha value is -3.62. The van der Waals surface area contributed by atoms with E-state index in [0.29, 0.717) is 43.9 Å². The van der Waals surface area contributed by atoms with Gasteiger partial charge in [0.1, 0.15) is 6.54 Å². The van der Waals surface area contributed by atoms with Crippen molar-refractivity contribution >= 4 is 29.4 Å². The van der Waals surface area contributed by atoms with Crippen LogP contribution in [0.5, 0.6) is 0 Å². The van der Waals surface area contributed by atoms with Crippen LogP contribution in [0.3, 0.4) is 0 Å². The fraction of sp³-hybridized carbons (Fsp3) is 0.316. The molecule has 0 amide bonds. The molecule has 3 aromatic rings. The summed E-state index contributed by atoms with van der Waals surface area (Å²) in [5, 5.41) is 16.8. The van der Waals surface area contributed by atoms with Gasteiger partial charge in [0.15, 0.2) is 6.73 Å². The van der Waals surface area contributed by atoms with Gasteiger partial charge in [-0.3, -0.25) is 18.7 Å². The Bertz CT molecular complexity index is 1080.